The molecule has 7 heteroatoms. The van der Waals surface area contributed by atoms with E-state index in [0.29, 0.717) is 17.4 Å². The molecular formula is C13H12N4OS2. The van der Waals surface area contributed by atoms with Crippen molar-refractivity contribution in [3.8, 4) is 0 Å². The molecule has 2 aromatic heterocycles. The summed E-state index contributed by atoms with van der Waals surface area (Å²) in [6, 6.07) is 6.01. The molecule has 3 rings (SSSR count). The van der Waals surface area contributed by atoms with Crippen LogP contribution < -0.4 is 11.1 Å². The van der Waals surface area contributed by atoms with E-state index in [1.807, 2.05) is 19.1 Å². The molecule has 0 saturated heterocycles. The number of hydrogen-bond acceptors (Lipinski definition) is 6. The summed E-state index contributed by atoms with van der Waals surface area (Å²) in [6.45, 7) is 2.37. The molecule has 3 aromatic rings. The molecule has 0 radical (unpaired) electrons. The molecule has 0 bridgehead atoms. The normalized spacial score (nSPS) is 10.9. The summed E-state index contributed by atoms with van der Waals surface area (Å²) in [5.41, 5.74) is 7.93. The van der Waals surface area contributed by atoms with Gasteiger partial charge in [0, 0.05) is 11.9 Å². The maximum Gasteiger partial charge on any atom is 0.276 e. The van der Waals surface area contributed by atoms with E-state index >= 15 is 0 Å². The molecular weight excluding hydrogens is 292 g/mol. The third kappa shape index (κ3) is 2.55. The molecule has 0 saturated carbocycles. The van der Waals surface area contributed by atoms with Gasteiger partial charge in [0.15, 0.2) is 5.13 Å². The Morgan fingerprint density at radius 3 is 3.00 bits per heavy atom. The van der Waals surface area contributed by atoms with Crippen LogP contribution >= 0.6 is 22.7 Å². The summed E-state index contributed by atoms with van der Waals surface area (Å²) in [4.78, 5) is 20.6. The number of rotatable bonds is 3. The lowest BCUT2D eigenvalue weighted by Crippen LogP contribution is -2.12. The Bertz CT molecular complexity index is 778. The Kier molecular flexibility index (Phi) is 3.47. The number of anilines is 1. The standard InChI is InChI=1S/C13H12N4OS2/c1-7-2-3-8-10(4-7)20-13(16-8)17-12(18)9-6-19-11(5-14)15-9/h2-4,6H,5,14H2,1H3,(H,16,17,18). The topological polar surface area (TPSA) is 80.9 Å². The van der Waals surface area contributed by atoms with Gasteiger partial charge in [0.1, 0.15) is 10.7 Å². The van der Waals surface area contributed by atoms with E-state index in [1.54, 1.807) is 5.38 Å². The van der Waals surface area contributed by atoms with E-state index in [-0.39, 0.29) is 5.91 Å². The van der Waals surface area contributed by atoms with Crippen LogP contribution in [0.25, 0.3) is 10.2 Å². The maximum atomic E-state index is 12.0. The lowest BCUT2D eigenvalue weighted by atomic mass is 10.2. The highest BCUT2D eigenvalue weighted by atomic mass is 32.1. The van der Waals surface area contributed by atoms with Crippen LogP contribution in [0.4, 0.5) is 5.13 Å². The summed E-state index contributed by atoms with van der Waals surface area (Å²) in [7, 11) is 0. The number of carbonyl (C=O) groups is 1. The third-order valence-corrected chi connectivity index (χ3v) is 4.53. The zero-order valence-electron chi connectivity index (χ0n) is 10.7. The second-order valence-corrected chi connectivity index (χ2v) is 6.25. The average molecular weight is 304 g/mol. The van der Waals surface area contributed by atoms with Crippen LogP contribution in [0.5, 0.6) is 0 Å². The van der Waals surface area contributed by atoms with E-state index in [0.717, 1.165) is 15.2 Å². The molecule has 0 unspecified atom stereocenters. The monoisotopic (exact) mass is 304 g/mol. The van der Waals surface area contributed by atoms with Crippen molar-refractivity contribution in [1.82, 2.24) is 9.97 Å². The number of nitrogens with two attached hydrogens (primary N) is 1. The van der Waals surface area contributed by atoms with Crippen molar-refractivity contribution < 1.29 is 4.79 Å². The minimum absolute atomic E-state index is 0.253. The minimum atomic E-state index is -0.253. The number of nitrogens with zero attached hydrogens (tertiary/aromatic N) is 2. The smallest absolute Gasteiger partial charge is 0.276 e. The Labute approximate surface area is 123 Å². The molecule has 0 aliphatic carbocycles. The molecule has 1 aromatic carbocycles. The molecule has 102 valence electrons. The third-order valence-electron chi connectivity index (χ3n) is 2.72. The molecule has 2 heterocycles. The molecule has 0 fully saturated rings. The first-order valence-electron chi connectivity index (χ1n) is 5.99. The fourth-order valence-corrected chi connectivity index (χ4v) is 3.37. The predicted molar refractivity (Wildman–Crippen MR) is 82.3 cm³/mol. The van der Waals surface area contributed by atoms with Crippen molar-refractivity contribution in [2.75, 3.05) is 5.32 Å². The molecule has 3 N–H and O–H groups in total. The number of amides is 1. The van der Waals surface area contributed by atoms with Gasteiger partial charge in [-0.3, -0.25) is 10.1 Å². The van der Waals surface area contributed by atoms with E-state index in [1.165, 1.54) is 28.2 Å². The first-order valence-corrected chi connectivity index (χ1v) is 7.68. The van der Waals surface area contributed by atoms with Crippen molar-refractivity contribution in [2.24, 2.45) is 5.73 Å². The van der Waals surface area contributed by atoms with Gasteiger partial charge in [0.2, 0.25) is 0 Å². The van der Waals surface area contributed by atoms with E-state index in [2.05, 4.69) is 21.4 Å². The zero-order chi connectivity index (χ0) is 14.1. The zero-order valence-corrected chi connectivity index (χ0v) is 12.3. The molecule has 0 spiro atoms. The van der Waals surface area contributed by atoms with E-state index < -0.39 is 0 Å². The van der Waals surface area contributed by atoms with E-state index in [4.69, 9.17) is 5.73 Å². The predicted octanol–water partition coefficient (Wildman–Crippen LogP) is 2.77. The van der Waals surface area contributed by atoms with Crippen LogP contribution in [0.1, 0.15) is 21.1 Å². The summed E-state index contributed by atoms with van der Waals surface area (Å²) in [6.07, 6.45) is 0. The highest BCUT2D eigenvalue weighted by Crippen LogP contribution is 2.27. The van der Waals surface area contributed by atoms with Crippen LogP contribution in [0, 0.1) is 6.92 Å². The number of nitrogens with one attached hydrogen (secondary N) is 1. The van der Waals surface area contributed by atoms with Crippen molar-refractivity contribution in [3.05, 3.63) is 39.8 Å². The fourth-order valence-electron chi connectivity index (χ4n) is 1.76. The summed E-state index contributed by atoms with van der Waals surface area (Å²) < 4.78 is 1.06. The summed E-state index contributed by atoms with van der Waals surface area (Å²) in [5, 5.41) is 5.81. The quantitative estimate of drug-likeness (QED) is 0.779. The largest absolute Gasteiger partial charge is 0.325 e. The Morgan fingerprint density at radius 2 is 2.25 bits per heavy atom. The van der Waals surface area contributed by atoms with Crippen molar-refractivity contribution in [1.29, 1.82) is 0 Å². The second kappa shape index (κ2) is 5.28. The van der Waals surface area contributed by atoms with Gasteiger partial charge in [-0.1, -0.05) is 17.4 Å². The summed E-state index contributed by atoms with van der Waals surface area (Å²) in [5.74, 6) is -0.253. The van der Waals surface area contributed by atoms with Gasteiger partial charge in [-0.15, -0.1) is 11.3 Å². The lowest BCUT2D eigenvalue weighted by Gasteiger charge is -1.96. The molecule has 5 nitrogen and oxygen atoms in total. The lowest BCUT2D eigenvalue weighted by molar-refractivity contribution is 0.102. The number of aryl methyl sites for hydroxylation is 1. The van der Waals surface area contributed by atoms with Gasteiger partial charge in [-0.05, 0) is 24.6 Å². The van der Waals surface area contributed by atoms with Crippen LogP contribution in [0.3, 0.4) is 0 Å². The second-order valence-electron chi connectivity index (χ2n) is 4.27. The number of thiazole rings is 2. The highest BCUT2D eigenvalue weighted by Gasteiger charge is 2.13. The van der Waals surface area contributed by atoms with Crippen LogP contribution in [-0.2, 0) is 6.54 Å². The summed E-state index contributed by atoms with van der Waals surface area (Å²) >= 11 is 2.84. The molecule has 0 aliphatic rings. The first-order chi connectivity index (χ1) is 9.65. The SMILES string of the molecule is Cc1ccc2nc(NC(=O)c3csc(CN)n3)sc2c1. The first kappa shape index (κ1) is 13.2. The van der Waals surface area contributed by atoms with Crippen LogP contribution in [0.15, 0.2) is 23.6 Å². The number of fused-ring (bicyclic) bond motifs is 1. The van der Waals surface area contributed by atoms with Crippen LogP contribution in [-0.4, -0.2) is 15.9 Å². The van der Waals surface area contributed by atoms with Crippen molar-refractivity contribution >= 4 is 43.9 Å². The maximum absolute atomic E-state index is 12.0. The van der Waals surface area contributed by atoms with Gasteiger partial charge in [-0.2, -0.15) is 0 Å². The highest BCUT2D eigenvalue weighted by molar-refractivity contribution is 7.22. The van der Waals surface area contributed by atoms with Crippen LogP contribution in [0.2, 0.25) is 0 Å². The van der Waals surface area contributed by atoms with E-state index in [9.17, 15) is 4.79 Å². The number of benzene rings is 1. The Balaban J connectivity index is 1.83. The van der Waals surface area contributed by atoms with Crippen molar-refractivity contribution in [2.45, 2.75) is 13.5 Å². The Hall–Kier alpha value is -1.83. The molecule has 20 heavy (non-hydrogen) atoms. The van der Waals surface area contributed by atoms with Crippen molar-refractivity contribution in [3.63, 3.8) is 0 Å². The number of hydrogen-bond donors (Lipinski definition) is 2. The number of aromatic nitrogens is 2. The van der Waals surface area contributed by atoms with Gasteiger partial charge >= 0.3 is 0 Å². The molecule has 0 aliphatic heterocycles. The molecule has 1 amide bonds. The number of carbonyl (C=O) groups excluding carboxylic acids is 1. The van der Waals surface area contributed by atoms with Gasteiger partial charge in [0.25, 0.3) is 5.91 Å². The fraction of sp³-hybridized carbons (Fsp3) is 0.154. The minimum Gasteiger partial charge on any atom is -0.325 e. The van der Waals surface area contributed by atoms with Gasteiger partial charge in [-0.25, -0.2) is 9.97 Å². The Morgan fingerprint density at radius 1 is 1.40 bits per heavy atom. The molecule has 0 atom stereocenters. The van der Waals surface area contributed by atoms with Gasteiger partial charge < -0.3 is 5.73 Å². The average Bonchev–Trinajstić information content (AvgIpc) is 3.03. The van der Waals surface area contributed by atoms with Gasteiger partial charge in [0.05, 0.1) is 10.2 Å².